The van der Waals surface area contributed by atoms with Gasteiger partial charge in [0.1, 0.15) is 5.75 Å². The van der Waals surface area contributed by atoms with Gasteiger partial charge in [0.25, 0.3) is 0 Å². The molecule has 0 aliphatic heterocycles. The van der Waals surface area contributed by atoms with Gasteiger partial charge in [0.05, 0.1) is 18.8 Å². The molecule has 18 heavy (non-hydrogen) atoms. The number of hydrogen-bond acceptors (Lipinski definition) is 3. The van der Waals surface area contributed by atoms with Gasteiger partial charge in [-0.2, -0.15) is 0 Å². The van der Waals surface area contributed by atoms with Crippen LogP contribution in [0.4, 0.5) is 0 Å². The van der Waals surface area contributed by atoms with Crippen LogP contribution in [0.15, 0.2) is 24.3 Å². The van der Waals surface area contributed by atoms with Crippen molar-refractivity contribution in [3.05, 3.63) is 29.8 Å². The van der Waals surface area contributed by atoms with Crippen LogP contribution in [0.2, 0.25) is 0 Å². The summed E-state index contributed by atoms with van der Waals surface area (Å²) in [6.45, 7) is 0. The summed E-state index contributed by atoms with van der Waals surface area (Å²) in [5, 5.41) is 10.8. The molecule has 3 nitrogen and oxygen atoms in total. The number of rotatable bonds is 4. The third-order valence-corrected chi connectivity index (χ3v) is 4.28. The highest BCUT2D eigenvalue weighted by atomic mass is 16.5. The van der Waals surface area contributed by atoms with Crippen LogP contribution in [-0.4, -0.2) is 36.8 Å². The average molecular weight is 249 g/mol. The van der Waals surface area contributed by atoms with Crippen LogP contribution in [0.1, 0.15) is 37.4 Å². The van der Waals surface area contributed by atoms with Crippen molar-refractivity contribution < 1.29 is 9.84 Å². The Hall–Kier alpha value is -1.06. The molecule has 1 saturated carbocycles. The lowest BCUT2D eigenvalue weighted by Crippen LogP contribution is -2.47. The Morgan fingerprint density at radius 2 is 1.94 bits per heavy atom. The number of nitrogens with zero attached hydrogens (tertiary/aromatic N) is 1. The lowest BCUT2D eigenvalue weighted by molar-refractivity contribution is -0.00484. The first-order chi connectivity index (χ1) is 8.60. The van der Waals surface area contributed by atoms with Crippen LogP contribution in [0.25, 0.3) is 0 Å². The van der Waals surface area contributed by atoms with Crippen molar-refractivity contribution in [1.82, 2.24) is 4.90 Å². The second kappa shape index (κ2) is 5.29. The first kappa shape index (κ1) is 13.4. The molecule has 3 heteroatoms. The van der Waals surface area contributed by atoms with E-state index in [2.05, 4.69) is 19.0 Å². The Balaban J connectivity index is 2.30. The summed E-state index contributed by atoms with van der Waals surface area (Å²) in [7, 11) is 5.78. The zero-order valence-electron chi connectivity index (χ0n) is 11.5. The van der Waals surface area contributed by atoms with Crippen molar-refractivity contribution in [1.29, 1.82) is 0 Å². The van der Waals surface area contributed by atoms with Gasteiger partial charge in [0.2, 0.25) is 0 Å². The monoisotopic (exact) mass is 249 g/mol. The lowest BCUT2D eigenvalue weighted by atomic mass is 9.84. The quantitative estimate of drug-likeness (QED) is 0.890. The van der Waals surface area contributed by atoms with E-state index in [0.29, 0.717) is 0 Å². The Kier molecular flexibility index (Phi) is 3.93. The van der Waals surface area contributed by atoms with Gasteiger partial charge in [-0.25, -0.2) is 0 Å². The van der Waals surface area contributed by atoms with E-state index in [1.54, 1.807) is 7.11 Å². The number of ether oxygens (including phenoxy) is 1. The van der Waals surface area contributed by atoms with Crippen LogP contribution >= 0.6 is 0 Å². The fourth-order valence-electron chi connectivity index (χ4n) is 3.07. The molecule has 0 bridgehead atoms. The minimum Gasteiger partial charge on any atom is -0.497 e. The minimum absolute atomic E-state index is 0.119. The summed E-state index contributed by atoms with van der Waals surface area (Å²) in [5.41, 5.74) is 0.830. The lowest BCUT2D eigenvalue weighted by Gasteiger charge is -2.40. The van der Waals surface area contributed by atoms with E-state index in [0.717, 1.165) is 24.2 Å². The number of hydrogen-bond donors (Lipinski definition) is 1. The number of likely N-dealkylation sites (N-methyl/N-ethyl adjacent to an activating group) is 1. The molecule has 0 heterocycles. The molecule has 1 aromatic carbocycles. The van der Waals surface area contributed by atoms with Crippen molar-refractivity contribution in [2.75, 3.05) is 21.2 Å². The maximum absolute atomic E-state index is 10.8. The highest BCUT2D eigenvalue weighted by Crippen LogP contribution is 2.43. The summed E-state index contributed by atoms with van der Waals surface area (Å²) in [6.07, 6.45) is 4.04. The second-order valence-electron chi connectivity index (χ2n) is 5.38. The molecule has 1 unspecified atom stereocenters. The molecule has 1 aliphatic carbocycles. The highest BCUT2D eigenvalue weighted by Gasteiger charge is 2.43. The molecular formula is C15H23NO2. The number of aliphatic hydroxyl groups excluding tert-OH is 1. The molecule has 1 fully saturated rings. The standard InChI is InChI=1S/C15H23NO2/c1-16(2)15(9-4-5-10-15)14(17)12-7-6-8-13(11-12)18-3/h6-8,11,14,17H,4-5,9-10H2,1-3H3. The van der Waals surface area contributed by atoms with Gasteiger partial charge in [0.15, 0.2) is 0 Å². The van der Waals surface area contributed by atoms with Gasteiger partial charge >= 0.3 is 0 Å². The maximum Gasteiger partial charge on any atom is 0.119 e. The van der Waals surface area contributed by atoms with Crippen molar-refractivity contribution >= 4 is 0 Å². The summed E-state index contributed by atoms with van der Waals surface area (Å²) in [6, 6.07) is 7.77. The summed E-state index contributed by atoms with van der Waals surface area (Å²) in [5.74, 6) is 0.804. The molecule has 100 valence electrons. The molecule has 1 aromatic rings. The summed E-state index contributed by atoms with van der Waals surface area (Å²) < 4.78 is 5.24. The Morgan fingerprint density at radius 3 is 2.50 bits per heavy atom. The first-order valence-electron chi connectivity index (χ1n) is 6.59. The third-order valence-electron chi connectivity index (χ3n) is 4.28. The van der Waals surface area contributed by atoms with Crippen molar-refractivity contribution in [3.8, 4) is 5.75 Å². The number of benzene rings is 1. The van der Waals surface area contributed by atoms with E-state index >= 15 is 0 Å². The van der Waals surface area contributed by atoms with Crippen LogP contribution in [-0.2, 0) is 0 Å². The zero-order valence-corrected chi connectivity index (χ0v) is 11.5. The minimum atomic E-state index is -0.454. The van der Waals surface area contributed by atoms with Crippen molar-refractivity contribution in [2.45, 2.75) is 37.3 Å². The molecule has 2 rings (SSSR count). The summed E-state index contributed by atoms with van der Waals surface area (Å²) in [4.78, 5) is 2.18. The van der Waals surface area contributed by atoms with Gasteiger partial charge in [-0.05, 0) is 44.6 Å². The molecule has 1 atom stereocenters. The number of methoxy groups -OCH3 is 1. The Labute approximate surface area is 109 Å². The SMILES string of the molecule is COc1cccc(C(O)C2(N(C)C)CCCC2)c1. The van der Waals surface area contributed by atoms with E-state index in [4.69, 9.17) is 4.74 Å². The molecule has 0 saturated heterocycles. The van der Waals surface area contributed by atoms with Crippen LogP contribution in [0.5, 0.6) is 5.75 Å². The maximum atomic E-state index is 10.8. The molecule has 1 aliphatic rings. The van der Waals surface area contributed by atoms with Gasteiger partial charge in [-0.1, -0.05) is 25.0 Å². The van der Waals surface area contributed by atoms with E-state index in [1.807, 2.05) is 24.3 Å². The Morgan fingerprint density at radius 1 is 1.28 bits per heavy atom. The van der Waals surface area contributed by atoms with E-state index < -0.39 is 6.10 Å². The van der Waals surface area contributed by atoms with Crippen LogP contribution < -0.4 is 4.74 Å². The second-order valence-corrected chi connectivity index (χ2v) is 5.38. The van der Waals surface area contributed by atoms with E-state index in [1.165, 1.54) is 12.8 Å². The molecule has 0 aromatic heterocycles. The van der Waals surface area contributed by atoms with Crippen molar-refractivity contribution in [3.63, 3.8) is 0 Å². The van der Waals surface area contributed by atoms with Crippen molar-refractivity contribution in [2.24, 2.45) is 0 Å². The predicted molar refractivity (Wildman–Crippen MR) is 72.8 cm³/mol. The normalized spacial score (nSPS) is 20.1. The third kappa shape index (κ3) is 2.25. The van der Waals surface area contributed by atoms with Gasteiger partial charge < -0.3 is 14.7 Å². The average Bonchev–Trinajstić information content (AvgIpc) is 2.88. The van der Waals surface area contributed by atoms with Crippen LogP contribution in [0.3, 0.4) is 0 Å². The van der Waals surface area contributed by atoms with Gasteiger partial charge in [-0.15, -0.1) is 0 Å². The largest absolute Gasteiger partial charge is 0.497 e. The highest BCUT2D eigenvalue weighted by molar-refractivity contribution is 5.31. The smallest absolute Gasteiger partial charge is 0.119 e. The number of aliphatic hydroxyl groups is 1. The van der Waals surface area contributed by atoms with Gasteiger partial charge in [0, 0.05) is 0 Å². The molecule has 0 amide bonds. The van der Waals surface area contributed by atoms with E-state index in [9.17, 15) is 5.11 Å². The fraction of sp³-hybridized carbons (Fsp3) is 0.600. The molecule has 0 radical (unpaired) electrons. The van der Waals surface area contributed by atoms with E-state index in [-0.39, 0.29) is 5.54 Å². The van der Waals surface area contributed by atoms with Gasteiger partial charge in [-0.3, -0.25) is 0 Å². The fourth-order valence-corrected chi connectivity index (χ4v) is 3.07. The summed E-state index contributed by atoms with van der Waals surface area (Å²) >= 11 is 0. The molecule has 0 spiro atoms. The first-order valence-corrected chi connectivity index (χ1v) is 6.59. The van der Waals surface area contributed by atoms with Crippen LogP contribution in [0, 0.1) is 0 Å². The Bertz CT molecular complexity index is 397. The topological polar surface area (TPSA) is 32.7 Å². The molecule has 1 N–H and O–H groups in total. The molecular weight excluding hydrogens is 226 g/mol. The zero-order chi connectivity index (χ0) is 13.2. The predicted octanol–water partition coefficient (Wildman–Crippen LogP) is 2.60.